The minimum absolute atomic E-state index is 0. The molecule has 1 unspecified atom stereocenters. The van der Waals surface area contributed by atoms with E-state index in [1.54, 1.807) is 0 Å². The normalized spacial score (nSPS) is 11.2. The highest BCUT2D eigenvalue weighted by Gasteiger charge is 2.08. The summed E-state index contributed by atoms with van der Waals surface area (Å²) >= 11 is 0. The third kappa shape index (κ3) is 9.10. The minimum Gasteiger partial charge on any atom is -0.474 e. The average molecular weight is 211 g/mol. The van der Waals surface area contributed by atoms with Crippen molar-refractivity contribution < 1.29 is 14.7 Å². The maximum absolute atomic E-state index is 10.4. The van der Waals surface area contributed by atoms with Crippen molar-refractivity contribution in [2.75, 3.05) is 6.54 Å². The molecule has 6 heteroatoms. The van der Waals surface area contributed by atoms with E-state index in [-0.39, 0.29) is 18.4 Å². The molecule has 4 N–H and O–H groups in total. The van der Waals surface area contributed by atoms with Crippen LogP contribution < -0.4 is 11.1 Å². The summed E-state index contributed by atoms with van der Waals surface area (Å²) in [6.45, 7) is 2.23. The van der Waals surface area contributed by atoms with Crippen molar-refractivity contribution in [3.8, 4) is 0 Å². The van der Waals surface area contributed by atoms with Gasteiger partial charge in [-0.1, -0.05) is 0 Å². The standard InChI is InChI=1S/C7H14N2O3.ClH/c1-5(8)3-2-4-9-6(10)7(11)12;/h5H,2-4,8H2,1H3,(H,9,10)(H,11,12);1H. The molecule has 0 spiro atoms. The van der Waals surface area contributed by atoms with E-state index in [1.807, 2.05) is 6.92 Å². The Bertz CT molecular complexity index is 173. The van der Waals surface area contributed by atoms with Gasteiger partial charge in [-0.15, -0.1) is 12.4 Å². The van der Waals surface area contributed by atoms with E-state index in [0.29, 0.717) is 13.0 Å². The van der Waals surface area contributed by atoms with Crippen molar-refractivity contribution in [3.63, 3.8) is 0 Å². The Morgan fingerprint density at radius 2 is 2.08 bits per heavy atom. The first kappa shape index (κ1) is 14.7. The van der Waals surface area contributed by atoms with Crippen molar-refractivity contribution >= 4 is 24.3 Å². The molecule has 1 atom stereocenters. The van der Waals surface area contributed by atoms with Gasteiger partial charge in [0.25, 0.3) is 0 Å². The molecule has 0 radical (unpaired) electrons. The second-order valence-electron chi connectivity index (χ2n) is 2.68. The highest BCUT2D eigenvalue weighted by atomic mass is 35.5. The number of hydrogen-bond acceptors (Lipinski definition) is 3. The summed E-state index contributed by atoms with van der Waals surface area (Å²) in [5.74, 6) is -2.41. The molecule has 5 nitrogen and oxygen atoms in total. The SMILES string of the molecule is CC(N)CCCNC(=O)C(=O)O.Cl. The van der Waals surface area contributed by atoms with Crippen molar-refractivity contribution in [1.29, 1.82) is 0 Å². The summed E-state index contributed by atoms with van der Waals surface area (Å²) in [5, 5.41) is 10.4. The number of rotatable bonds is 4. The summed E-state index contributed by atoms with van der Waals surface area (Å²) in [5.41, 5.74) is 5.44. The number of carboxylic acids is 1. The zero-order chi connectivity index (χ0) is 9.56. The van der Waals surface area contributed by atoms with E-state index in [2.05, 4.69) is 5.32 Å². The van der Waals surface area contributed by atoms with Gasteiger partial charge >= 0.3 is 11.9 Å². The maximum Gasteiger partial charge on any atom is 0.394 e. The molecule has 0 saturated heterocycles. The molecule has 78 valence electrons. The molecule has 0 rings (SSSR count). The molecular weight excluding hydrogens is 196 g/mol. The molecular formula is C7H15ClN2O3. The second-order valence-corrected chi connectivity index (χ2v) is 2.68. The molecule has 0 fully saturated rings. The van der Waals surface area contributed by atoms with Gasteiger partial charge in [-0.25, -0.2) is 4.79 Å². The van der Waals surface area contributed by atoms with Crippen LogP contribution in [0.25, 0.3) is 0 Å². The van der Waals surface area contributed by atoms with Crippen molar-refractivity contribution in [3.05, 3.63) is 0 Å². The quantitative estimate of drug-likeness (QED) is 0.440. The molecule has 0 aromatic heterocycles. The van der Waals surface area contributed by atoms with Crippen molar-refractivity contribution in [2.45, 2.75) is 25.8 Å². The second kappa shape index (κ2) is 7.82. The number of carboxylic acid groups (broad SMARTS) is 1. The van der Waals surface area contributed by atoms with Gasteiger partial charge in [0.15, 0.2) is 0 Å². The summed E-state index contributed by atoms with van der Waals surface area (Å²) in [6, 6.07) is 0.0896. The summed E-state index contributed by atoms with van der Waals surface area (Å²) < 4.78 is 0. The van der Waals surface area contributed by atoms with Gasteiger partial charge in [-0.05, 0) is 19.8 Å². The largest absolute Gasteiger partial charge is 0.474 e. The van der Waals surface area contributed by atoms with Crippen LogP contribution in [0.4, 0.5) is 0 Å². The molecule has 0 aliphatic heterocycles. The number of amides is 1. The van der Waals surface area contributed by atoms with Crippen LogP contribution in [0.3, 0.4) is 0 Å². The summed E-state index contributed by atoms with van der Waals surface area (Å²) in [7, 11) is 0. The zero-order valence-electron chi connectivity index (χ0n) is 7.45. The van der Waals surface area contributed by atoms with E-state index in [1.165, 1.54) is 0 Å². The van der Waals surface area contributed by atoms with Gasteiger partial charge in [0.05, 0.1) is 0 Å². The fourth-order valence-electron chi connectivity index (χ4n) is 0.702. The molecule has 0 aliphatic carbocycles. The van der Waals surface area contributed by atoms with E-state index in [0.717, 1.165) is 6.42 Å². The molecule has 0 saturated carbocycles. The Kier molecular flexibility index (Phi) is 8.84. The van der Waals surface area contributed by atoms with Crippen molar-refractivity contribution in [1.82, 2.24) is 5.32 Å². The first-order chi connectivity index (χ1) is 5.54. The monoisotopic (exact) mass is 210 g/mol. The Labute approximate surface area is 83.1 Å². The van der Waals surface area contributed by atoms with Crippen molar-refractivity contribution in [2.24, 2.45) is 5.73 Å². The Hall–Kier alpha value is -0.810. The first-order valence-corrected chi connectivity index (χ1v) is 3.80. The lowest BCUT2D eigenvalue weighted by molar-refractivity contribution is -0.150. The van der Waals surface area contributed by atoms with E-state index >= 15 is 0 Å². The number of nitrogens with two attached hydrogens (primary N) is 1. The predicted octanol–water partition coefficient (Wildman–Crippen LogP) is -0.264. The molecule has 0 bridgehead atoms. The van der Waals surface area contributed by atoms with Gasteiger partial charge in [-0.3, -0.25) is 4.79 Å². The molecule has 13 heavy (non-hydrogen) atoms. The van der Waals surface area contributed by atoms with Gasteiger partial charge in [-0.2, -0.15) is 0 Å². The smallest absolute Gasteiger partial charge is 0.394 e. The van der Waals surface area contributed by atoms with Gasteiger partial charge in [0.1, 0.15) is 0 Å². The lowest BCUT2D eigenvalue weighted by atomic mass is 10.2. The Morgan fingerprint density at radius 1 is 1.54 bits per heavy atom. The van der Waals surface area contributed by atoms with Gasteiger partial charge < -0.3 is 16.2 Å². The van der Waals surface area contributed by atoms with Crippen LogP contribution in [0, 0.1) is 0 Å². The third-order valence-corrected chi connectivity index (χ3v) is 1.32. The third-order valence-electron chi connectivity index (χ3n) is 1.32. The van der Waals surface area contributed by atoms with Crippen LogP contribution in [0.15, 0.2) is 0 Å². The molecule has 0 aliphatic rings. The fraction of sp³-hybridized carbons (Fsp3) is 0.714. The summed E-state index contributed by atoms with van der Waals surface area (Å²) in [4.78, 5) is 20.4. The van der Waals surface area contributed by atoms with Crippen LogP contribution in [0.1, 0.15) is 19.8 Å². The summed E-state index contributed by atoms with van der Waals surface area (Å²) in [6.07, 6.45) is 1.48. The van der Waals surface area contributed by atoms with Gasteiger partial charge in [0, 0.05) is 12.6 Å². The van der Waals surface area contributed by atoms with E-state index < -0.39 is 11.9 Å². The number of aliphatic carboxylic acids is 1. The fourth-order valence-corrected chi connectivity index (χ4v) is 0.702. The number of nitrogens with one attached hydrogen (secondary N) is 1. The molecule has 0 aromatic rings. The topological polar surface area (TPSA) is 92.4 Å². The van der Waals surface area contributed by atoms with Crippen LogP contribution in [0.5, 0.6) is 0 Å². The number of hydrogen-bond donors (Lipinski definition) is 3. The number of halogens is 1. The minimum atomic E-state index is -1.45. The number of carbonyl (C=O) groups excluding carboxylic acids is 1. The lowest BCUT2D eigenvalue weighted by Gasteiger charge is -2.04. The zero-order valence-corrected chi connectivity index (χ0v) is 8.26. The van der Waals surface area contributed by atoms with E-state index in [4.69, 9.17) is 10.8 Å². The van der Waals surface area contributed by atoms with Gasteiger partial charge in [0.2, 0.25) is 0 Å². The van der Waals surface area contributed by atoms with E-state index in [9.17, 15) is 9.59 Å². The number of carbonyl (C=O) groups is 2. The molecule has 1 amide bonds. The lowest BCUT2D eigenvalue weighted by Crippen LogP contribution is -2.32. The van der Waals surface area contributed by atoms with Crippen LogP contribution in [-0.2, 0) is 9.59 Å². The molecule has 0 aromatic carbocycles. The van der Waals surface area contributed by atoms with Crippen LogP contribution in [0.2, 0.25) is 0 Å². The average Bonchev–Trinajstić information content (AvgIpc) is 1.97. The first-order valence-electron chi connectivity index (χ1n) is 3.80. The highest BCUT2D eigenvalue weighted by Crippen LogP contribution is 1.90. The Morgan fingerprint density at radius 3 is 2.46 bits per heavy atom. The van der Waals surface area contributed by atoms with Crippen LogP contribution in [-0.4, -0.2) is 29.6 Å². The Balaban J connectivity index is 0. The maximum atomic E-state index is 10.4. The highest BCUT2D eigenvalue weighted by molar-refractivity contribution is 6.31. The molecule has 0 heterocycles. The van der Waals surface area contributed by atoms with Crippen LogP contribution >= 0.6 is 12.4 Å². The predicted molar refractivity (Wildman–Crippen MR) is 50.8 cm³/mol.